The highest BCUT2D eigenvalue weighted by Crippen LogP contribution is 2.36. The van der Waals surface area contributed by atoms with Crippen LogP contribution in [-0.4, -0.2) is 35.0 Å². The Labute approximate surface area is 177 Å². The van der Waals surface area contributed by atoms with Crippen LogP contribution in [0.15, 0.2) is 54.9 Å². The van der Waals surface area contributed by atoms with E-state index in [2.05, 4.69) is 15.3 Å². The summed E-state index contributed by atoms with van der Waals surface area (Å²) in [5.74, 6) is -0.470. The van der Waals surface area contributed by atoms with E-state index in [1.807, 2.05) is 12.1 Å². The molecule has 0 radical (unpaired) electrons. The third-order valence-electron chi connectivity index (χ3n) is 4.35. The molecule has 0 spiro atoms. The molecule has 1 N–H and O–H groups in total. The standard InChI is InChI=1S/C20H18ClN5O4/c1-25(16-6-4-3-5-15(16)20(27)30-2)19-17(26(28)29)18(23-12-24-19)22-11-13-7-9-14(21)10-8-13/h3-10,12H,11H2,1-2H3,(H,22,23,24). The van der Waals surface area contributed by atoms with Crippen molar-refractivity contribution in [3.8, 4) is 0 Å². The Kier molecular flexibility index (Phi) is 6.43. The van der Waals surface area contributed by atoms with Crippen molar-refractivity contribution in [1.29, 1.82) is 0 Å². The van der Waals surface area contributed by atoms with Crippen LogP contribution in [0.3, 0.4) is 0 Å². The molecule has 0 aliphatic heterocycles. The Balaban J connectivity index is 1.98. The first-order valence-corrected chi connectivity index (χ1v) is 9.19. The smallest absolute Gasteiger partial charge is 0.353 e. The Morgan fingerprint density at radius 3 is 2.57 bits per heavy atom. The third kappa shape index (κ3) is 4.47. The molecule has 30 heavy (non-hydrogen) atoms. The summed E-state index contributed by atoms with van der Waals surface area (Å²) in [6, 6.07) is 13.7. The van der Waals surface area contributed by atoms with Gasteiger partial charge in [-0.2, -0.15) is 0 Å². The van der Waals surface area contributed by atoms with Crippen molar-refractivity contribution in [3.05, 3.63) is 81.1 Å². The zero-order valence-corrected chi connectivity index (χ0v) is 17.0. The Morgan fingerprint density at radius 2 is 1.90 bits per heavy atom. The molecule has 9 nitrogen and oxygen atoms in total. The Bertz CT molecular complexity index is 1080. The Hall–Kier alpha value is -3.72. The van der Waals surface area contributed by atoms with Gasteiger partial charge in [-0.3, -0.25) is 10.1 Å². The largest absolute Gasteiger partial charge is 0.465 e. The second-order valence-corrected chi connectivity index (χ2v) is 6.64. The summed E-state index contributed by atoms with van der Waals surface area (Å²) in [4.78, 5) is 33.0. The van der Waals surface area contributed by atoms with Gasteiger partial charge in [0, 0.05) is 18.6 Å². The number of carbonyl (C=O) groups excluding carboxylic acids is 1. The van der Waals surface area contributed by atoms with Gasteiger partial charge in [0.05, 0.1) is 23.3 Å². The summed E-state index contributed by atoms with van der Waals surface area (Å²) in [6.07, 6.45) is 1.23. The van der Waals surface area contributed by atoms with Crippen LogP contribution in [0.25, 0.3) is 0 Å². The summed E-state index contributed by atoms with van der Waals surface area (Å²) in [7, 11) is 2.85. The molecule has 3 rings (SSSR count). The van der Waals surface area contributed by atoms with Gasteiger partial charge in [0.1, 0.15) is 6.33 Å². The molecule has 0 amide bonds. The minimum Gasteiger partial charge on any atom is -0.465 e. The van der Waals surface area contributed by atoms with E-state index in [-0.39, 0.29) is 22.9 Å². The van der Waals surface area contributed by atoms with E-state index in [9.17, 15) is 14.9 Å². The fraction of sp³-hybridized carbons (Fsp3) is 0.150. The molecule has 10 heteroatoms. The van der Waals surface area contributed by atoms with Gasteiger partial charge in [-0.25, -0.2) is 14.8 Å². The van der Waals surface area contributed by atoms with E-state index in [0.717, 1.165) is 5.56 Å². The first-order valence-electron chi connectivity index (χ1n) is 8.81. The molecule has 0 saturated heterocycles. The van der Waals surface area contributed by atoms with Crippen LogP contribution in [0.2, 0.25) is 5.02 Å². The van der Waals surface area contributed by atoms with E-state index in [1.54, 1.807) is 43.4 Å². The average Bonchev–Trinajstić information content (AvgIpc) is 2.77. The highest BCUT2D eigenvalue weighted by Gasteiger charge is 2.28. The highest BCUT2D eigenvalue weighted by atomic mass is 35.5. The predicted octanol–water partition coefficient (Wildman–Crippen LogP) is 4.20. The maximum atomic E-state index is 12.1. The summed E-state index contributed by atoms with van der Waals surface area (Å²) in [5, 5.41) is 15.4. The quantitative estimate of drug-likeness (QED) is 0.339. The molecule has 0 aliphatic rings. The fourth-order valence-corrected chi connectivity index (χ4v) is 2.99. The number of aromatic nitrogens is 2. The molecule has 0 atom stereocenters. The zero-order chi connectivity index (χ0) is 21.7. The first kappa shape index (κ1) is 21.0. The van der Waals surface area contributed by atoms with Gasteiger partial charge in [-0.1, -0.05) is 35.9 Å². The van der Waals surface area contributed by atoms with Crippen LogP contribution in [0.5, 0.6) is 0 Å². The molecule has 0 fully saturated rings. The van der Waals surface area contributed by atoms with E-state index in [4.69, 9.17) is 16.3 Å². The number of anilines is 3. The molecule has 3 aromatic rings. The maximum absolute atomic E-state index is 12.1. The number of esters is 1. The van der Waals surface area contributed by atoms with E-state index < -0.39 is 10.9 Å². The van der Waals surface area contributed by atoms with Gasteiger partial charge in [0.25, 0.3) is 0 Å². The van der Waals surface area contributed by atoms with Gasteiger partial charge in [0.2, 0.25) is 11.6 Å². The predicted molar refractivity (Wildman–Crippen MR) is 113 cm³/mol. The summed E-state index contributed by atoms with van der Waals surface area (Å²) in [5.41, 5.74) is 1.23. The minimum atomic E-state index is -0.560. The first-order chi connectivity index (χ1) is 14.4. The third-order valence-corrected chi connectivity index (χ3v) is 4.60. The summed E-state index contributed by atoms with van der Waals surface area (Å²) >= 11 is 5.89. The van der Waals surface area contributed by atoms with Crippen LogP contribution < -0.4 is 10.2 Å². The molecule has 1 heterocycles. The number of hydrogen-bond acceptors (Lipinski definition) is 8. The van der Waals surface area contributed by atoms with Crippen LogP contribution in [0.1, 0.15) is 15.9 Å². The number of benzene rings is 2. The number of carbonyl (C=O) groups is 1. The van der Waals surface area contributed by atoms with Crippen molar-refractivity contribution >= 4 is 40.6 Å². The number of nitrogens with zero attached hydrogens (tertiary/aromatic N) is 4. The number of halogens is 1. The number of ether oxygens (including phenoxy) is 1. The maximum Gasteiger partial charge on any atom is 0.353 e. The molecule has 154 valence electrons. The lowest BCUT2D eigenvalue weighted by Gasteiger charge is -2.21. The SMILES string of the molecule is COC(=O)c1ccccc1N(C)c1ncnc(NCc2ccc(Cl)cc2)c1[N+](=O)[O-]. The summed E-state index contributed by atoms with van der Waals surface area (Å²) in [6.45, 7) is 0.303. The Morgan fingerprint density at radius 1 is 1.20 bits per heavy atom. The van der Waals surface area contributed by atoms with E-state index >= 15 is 0 Å². The van der Waals surface area contributed by atoms with E-state index in [0.29, 0.717) is 17.3 Å². The lowest BCUT2D eigenvalue weighted by Crippen LogP contribution is -2.18. The fourth-order valence-electron chi connectivity index (χ4n) is 2.86. The zero-order valence-electron chi connectivity index (χ0n) is 16.2. The van der Waals surface area contributed by atoms with Crippen LogP contribution in [0.4, 0.5) is 23.0 Å². The van der Waals surface area contributed by atoms with Crippen molar-refractivity contribution in [2.75, 3.05) is 24.4 Å². The van der Waals surface area contributed by atoms with Crippen molar-refractivity contribution in [3.63, 3.8) is 0 Å². The van der Waals surface area contributed by atoms with Gasteiger partial charge >= 0.3 is 11.7 Å². The number of nitro groups is 1. The van der Waals surface area contributed by atoms with Crippen LogP contribution in [-0.2, 0) is 11.3 Å². The number of rotatable bonds is 7. The van der Waals surface area contributed by atoms with Gasteiger partial charge in [0.15, 0.2) is 0 Å². The molecular weight excluding hydrogens is 410 g/mol. The molecule has 0 unspecified atom stereocenters. The molecule has 0 bridgehead atoms. The normalized spacial score (nSPS) is 10.4. The molecular formula is C20H18ClN5O4. The lowest BCUT2D eigenvalue weighted by atomic mass is 10.1. The summed E-state index contributed by atoms with van der Waals surface area (Å²) < 4.78 is 4.81. The van der Waals surface area contributed by atoms with Crippen LogP contribution >= 0.6 is 11.6 Å². The highest BCUT2D eigenvalue weighted by molar-refractivity contribution is 6.30. The topological polar surface area (TPSA) is 110 Å². The van der Waals surface area contributed by atoms with Gasteiger partial charge < -0.3 is 15.0 Å². The number of nitrogens with one attached hydrogen (secondary N) is 1. The number of hydrogen-bond donors (Lipinski definition) is 1. The number of methoxy groups -OCH3 is 1. The molecule has 0 saturated carbocycles. The number of para-hydroxylation sites is 1. The minimum absolute atomic E-state index is 0.0324. The van der Waals surface area contributed by atoms with Gasteiger partial charge in [-0.15, -0.1) is 0 Å². The molecule has 0 aliphatic carbocycles. The second-order valence-electron chi connectivity index (χ2n) is 6.20. The average molecular weight is 428 g/mol. The van der Waals surface area contributed by atoms with Crippen molar-refractivity contribution in [1.82, 2.24) is 9.97 Å². The van der Waals surface area contributed by atoms with Crippen LogP contribution in [0, 0.1) is 10.1 Å². The van der Waals surface area contributed by atoms with Crippen molar-refractivity contribution in [2.45, 2.75) is 6.54 Å². The monoisotopic (exact) mass is 427 g/mol. The lowest BCUT2D eigenvalue weighted by molar-refractivity contribution is -0.383. The van der Waals surface area contributed by atoms with Crippen molar-refractivity contribution < 1.29 is 14.5 Å². The van der Waals surface area contributed by atoms with E-state index in [1.165, 1.54) is 18.3 Å². The molecule has 2 aromatic carbocycles. The second kappa shape index (κ2) is 9.19. The van der Waals surface area contributed by atoms with Gasteiger partial charge in [-0.05, 0) is 29.8 Å². The molecule has 1 aromatic heterocycles. The van der Waals surface area contributed by atoms with Crippen molar-refractivity contribution in [2.24, 2.45) is 0 Å².